The van der Waals surface area contributed by atoms with Crippen LogP contribution in [0.2, 0.25) is 0 Å². The molecule has 9 heteroatoms. The number of amides is 1. The number of benzene rings is 1. The van der Waals surface area contributed by atoms with Crippen LogP contribution in [0.15, 0.2) is 24.8 Å². The molecule has 0 aliphatic heterocycles. The molecule has 0 heterocycles. The zero-order chi connectivity index (χ0) is 16.2. The summed E-state index contributed by atoms with van der Waals surface area (Å²) in [5, 5.41) is 2.30. The normalized spacial score (nSPS) is 11.0. The molecule has 116 valence electrons. The van der Waals surface area contributed by atoms with Crippen molar-refractivity contribution in [2.45, 2.75) is 0 Å². The Bertz CT molecular complexity index is 662. The lowest BCUT2D eigenvalue weighted by molar-refractivity contribution is -0.119. The molecule has 1 N–H and O–H groups in total. The first kappa shape index (κ1) is 17.0. The van der Waals surface area contributed by atoms with Gasteiger partial charge in [-0.25, -0.2) is 21.6 Å². The van der Waals surface area contributed by atoms with Gasteiger partial charge in [0.2, 0.25) is 15.9 Å². The second kappa shape index (κ2) is 6.61. The Morgan fingerprint density at radius 3 is 2.48 bits per heavy atom. The van der Waals surface area contributed by atoms with Crippen molar-refractivity contribution in [3.63, 3.8) is 0 Å². The number of anilines is 1. The van der Waals surface area contributed by atoms with Gasteiger partial charge in [-0.3, -0.25) is 9.10 Å². The number of carbonyl (C=O) groups is 1. The van der Waals surface area contributed by atoms with Crippen LogP contribution in [0, 0.1) is 17.5 Å². The van der Waals surface area contributed by atoms with Crippen LogP contribution in [0.25, 0.3) is 0 Å². The van der Waals surface area contributed by atoms with Crippen molar-refractivity contribution in [3.8, 4) is 0 Å². The lowest BCUT2D eigenvalue weighted by atomic mass is 10.2. The van der Waals surface area contributed by atoms with E-state index in [0.717, 1.165) is 6.07 Å². The molecular formula is C12H13F3N2O3S. The van der Waals surface area contributed by atoms with E-state index < -0.39 is 45.6 Å². The zero-order valence-electron chi connectivity index (χ0n) is 11.1. The fraction of sp³-hybridized carbons (Fsp3) is 0.250. The fourth-order valence-corrected chi connectivity index (χ4v) is 2.31. The number of hydrogen-bond acceptors (Lipinski definition) is 3. The highest BCUT2D eigenvalue weighted by molar-refractivity contribution is 7.92. The molecule has 0 atom stereocenters. The second-order valence-electron chi connectivity index (χ2n) is 4.06. The van der Waals surface area contributed by atoms with Crippen LogP contribution < -0.4 is 9.62 Å². The van der Waals surface area contributed by atoms with Crippen molar-refractivity contribution in [3.05, 3.63) is 42.2 Å². The molecule has 0 aliphatic carbocycles. The Morgan fingerprint density at radius 1 is 1.33 bits per heavy atom. The van der Waals surface area contributed by atoms with E-state index in [4.69, 9.17) is 0 Å². The molecule has 0 bridgehead atoms. The molecule has 0 spiro atoms. The topological polar surface area (TPSA) is 66.5 Å². The molecule has 0 saturated heterocycles. The minimum atomic E-state index is -4.07. The first-order valence-corrected chi connectivity index (χ1v) is 7.52. The molecule has 1 rings (SSSR count). The summed E-state index contributed by atoms with van der Waals surface area (Å²) in [6, 6.07) is 1.32. The van der Waals surface area contributed by atoms with Crippen LogP contribution >= 0.6 is 0 Å². The van der Waals surface area contributed by atoms with E-state index in [1.807, 2.05) is 0 Å². The Labute approximate surface area is 120 Å². The van der Waals surface area contributed by atoms with Crippen LogP contribution in [0.3, 0.4) is 0 Å². The Morgan fingerprint density at radius 2 is 1.95 bits per heavy atom. The maximum Gasteiger partial charge on any atom is 0.241 e. The minimum Gasteiger partial charge on any atom is -0.351 e. The van der Waals surface area contributed by atoms with E-state index in [1.165, 1.54) is 6.08 Å². The zero-order valence-corrected chi connectivity index (χ0v) is 11.9. The van der Waals surface area contributed by atoms with Crippen LogP contribution in [-0.4, -0.2) is 33.7 Å². The predicted octanol–water partition coefficient (Wildman–Crippen LogP) is 1.17. The van der Waals surface area contributed by atoms with E-state index in [0.29, 0.717) is 16.6 Å². The summed E-state index contributed by atoms with van der Waals surface area (Å²) >= 11 is 0. The van der Waals surface area contributed by atoms with E-state index in [1.54, 1.807) is 0 Å². The van der Waals surface area contributed by atoms with Crippen molar-refractivity contribution >= 4 is 21.6 Å². The first-order valence-electron chi connectivity index (χ1n) is 5.67. The molecule has 1 amide bonds. The summed E-state index contributed by atoms with van der Waals surface area (Å²) < 4.78 is 63.4. The molecule has 0 aliphatic rings. The van der Waals surface area contributed by atoms with Crippen molar-refractivity contribution in [2.24, 2.45) is 0 Å². The highest BCUT2D eigenvalue weighted by Crippen LogP contribution is 2.25. The average molecular weight is 322 g/mol. The molecule has 0 unspecified atom stereocenters. The largest absolute Gasteiger partial charge is 0.351 e. The van der Waals surface area contributed by atoms with Gasteiger partial charge in [0.1, 0.15) is 6.54 Å². The average Bonchev–Trinajstić information content (AvgIpc) is 2.39. The smallest absolute Gasteiger partial charge is 0.241 e. The molecule has 1 aromatic rings. The minimum absolute atomic E-state index is 0.0801. The van der Waals surface area contributed by atoms with Gasteiger partial charge in [0.05, 0.1) is 11.9 Å². The van der Waals surface area contributed by atoms with E-state index in [2.05, 4.69) is 11.9 Å². The Hall–Kier alpha value is -2.03. The van der Waals surface area contributed by atoms with Crippen molar-refractivity contribution < 1.29 is 26.4 Å². The van der Waals surface area contributed by atoms with Gasteiger partial charge in [0, 0.05) is 6.54 Å². The molecule has 21 heavy (non-hydrogen) atoms. The van der Waals surface area contributed by atoms with E-state index >= 15 is 0 Å². The highest BCUT2D eigenvalue weighted by atomic mass is 32.2. The second-order valence-corrected chi connectivity index (χ2v) is 5.96. The van der Waals surface area contributed by atoms with Gasteiger partial charge >= 0.3 is 0 Å². The van der Waals surface area contributed by atoms with Gasteiger partial charge in [0.15, 0.2) is 17.5 Å². The number of rotatable bonds is 6. The van der Waals surface area contributed by atoms with Crippen molar-refractivity contribution in [1.82, 2.24) is 5.32 Å². The molecule has 0 saturated carbocycles. The first-order chi connectivity index (χ1) is 9.68. The SMILES string of the molecule is C=CCNC(=O)CN(c1ccc(F)c(F)c1F)S(C)(=O)=O. The Kier molecular flexibility index (Phi) is 5.36. The van der Waals surface area contributed by atoms with E-state index in [9.17, 15) is 26.4 Å². The third kappa shape index (κ3) is 4.22. The number of sulfonamides is 1. The summed E-state index contributed by atoms with van der Waals surface area (Å²) in [5.41, 5.74) is -0.745. The number of carbonyl (C=O) groups excluding carboxylic acids is 1. The molecule has 1 aromatic carbocycles. The summed E-state index contributed by atoms with van der Waals surface area (Å²) in [6.07, 6.45) is 2.08. The molecule has 0 fully saturated rings. The third-order valence-corrected chi connectivity index (χ3v) is 3.54. The lowest BCUT2D eigenvalue weighted by Crippen LogP contribution is -2.41. The lowest BCUT2D eigenvalue weighted by Gasteiger charge is -2.22. The van der Waals surface area contributed by atoms with Crippen LogP contribution in [0.1, 0.15) is 0 Å². The number of nitrogens with one attached hydrogen (secondary N) is 1. The van der Waals surface area contributed by atoms with Crippen molar-refractivity contribution in [2.75, 3.05) is 23.7 Å². The van der Waals surface area contributed by atoms with Gasteiger partial charge in [-0.05, 0) is 12.1 Å². The van der Waals surface area contributed by atoms with Crippen LogP contribution in [0.4, 0.5) is 18.9 Å². The van der Waals surface area contributed by atoms with Gasteiger partial charge in [-0.15, -0.1) is 6.58 Å². The third-order valence-electron chi connectivity index (χ3n) is 2.41. The quantitative estimate of drug-likeness (QED) is 0.631. The predicted molar refractivity (Wildman–Crippen MR) is 71.7 cm³/mol. The Balaban J connectivity index is 3.19. The van der Waals surface area contributed by atoms with Gasteiger partial charge in [-0.1, -0.05) is 6.08 Å². The highest BCUT2D eigenvalue weighted by Gasteiger charge is 2.26. The van der Waals surface area contributed by atoms with Gasteiger partial charge in [0.25, 0.3) is 0 Å². The maximum absolute atomic E-state index is 13.7. The summed E-state index contributed by atoms with van der Waals surface area (Å²) in [6.45, 7) is 2.67. The fourth-order valence-electron chi connectivity index (χ4n) is 1.46. The molecule has 5 nitrogen and oxygen atoms in total. The van der Waals surface area contributed by atoms with E-state index in [-0.39, 0.29) is 6.54 Å². The molecular weight excluding hydrogens is 309 g/mol. The van der Waals surface area contributed by atoms with Crippen LogP contribution in [-0.2, 0) is 14.8 Å². The number of halogens is 3. The summed E-state index contributed by atoms with van der Waals surface area (Å²) in [4.78, 5) is 11.5. The molecule has 0 radical (unpaired) electrons. The number of hydrogen-bond donors (Lipinski definition) is 1. The van der Waals surface area contributed by atoms with Gasteiger partial charge in [-0.2, -0.15) is 0 Å². The van der Waals surface area contributed by atoms with Crippen molar-refractivity contribution in [1.29, 1.82) is 0 Å². The van der Waals surface area contributed by atoms with Gasteiger partial charge < -0.3 is 5.32 Å². The molecule has 0 aromatic heterocycles. The standard InChI is InChI=1S/C12H13F3N2O3S/c1-3-6-16-10(18)7-17(21(2,19)20)9-5-4-8(13)11(14)12(9)15/h3-5H,1,6-7H2,2H3,(H,16,18). The van der Waals surface area contributed by atoms with Crippen LogP contribution in [0.5, 0.6) is 0 Å². The summed E-state index contributed by atoms with van der Waals surface area (Å²) in [7, 11) is -4.07. The monoisotopic (exact) mass is 322 g/mol. The number of nitrogens with zero attached hydrogens (tertiary/aromatic N) is 1. The maximum atomic E-state index is 13.7. The summed E-state index contributed by atoms with van der Waals surface area (Å²) in [5.74, 6) is -5.70.